The molecule has 0 radical (unpaired) electrons. The van der Waals surface area contributed by atoms with Crippen molar-refractivity contribution < 1.29 is 30.7 Å². The number of hydrogen-bond donors (Lipinski definition) is 6. The molecule has 0 amide bonds. The normalized spacial score (nSPS) is 11.1. The molecule has 0 saturated carbocycles. The highest BCUT2D eigenvalue weighted by Crippen LogP contribution is 1.82. The topological polar surface area (TPSA) is 121 Å². The average Bonchev–Trinajstić information content (AvgIpc) is 2.61. The maximum Gasteiger partial charge on any atom is 0.272 e. The van der Waals surface area contributed by atoms with Crippen molar-refractivity contribution in [3.63, 3.8) is 0 Å². The summed E-state index contributed by atoms with van der Waals surface area (Å²) in [4.78, 5) is 0. The van der Waals surface area contributed by atoms with Crippen LogP contribution in [0.1, 0.15) is 77.2 Å². The molecule has 0 aliphatic heterocycles. The molecule has 0 atom stereocenters. The molecule has 0 aromatic rings. The summed E-state index contributed by atoms with van der Waals surface area (Å²) in [6.45, 7) is 9.20. The lowest BCUT2D eigenvalue weighted by atomic mass is 10.4. The van der Waals surface area contributed by atoms with Gasteiger partial charge in [0.2, 0.25) is 8.59 Å². The van der Waals surface area contributed by atoms with Gasteiger partial charge in [-0.3, -0.25) is 0 Å². The molecular weight excluding hydrogens is 264 g/mol. The number of unbranched alkanes of at least 4 members (excludes halogenated alkanes) is 1. The summed E-state index contributed by atoms with van der Waals surface area (Å²) in [6.07, 6.45) is 1.91. The van der Waals surface area contributed by atoms with Crippen molar-refractivity contribution in [2.24, 2.45) is 0 Å². The van der Waals surface area contributed by atoms with Crippen LogP contribution in [0.2, 0.25) is 0 Å². The van der Waals surface area contributed by atoms with Crippen molar-refractivity contribution in [2.75, 3.05) is 6.61 Å². The maximum atomic E-state index is 6.17. The van der Waals surface area contributed by atoms with Gasteiger partial charge >= 0.3 is 0 Å². The second-order valence-electron chi connectivity index (χ2n) is 2.72. The summed E-state index contributed by atoms with van der Waals surface area (Å²) in [5, 5.41) is 22.3. The monoisotopic (exact) mass is 320 g/mol. The Labute approximate surface area is 136 Å². The van der Waals surface area contributed by atoms with Gasteiger partial charge in [0, 0.05) is 13.5 Å². The molecule has 0 aromatic carbocycles. The van der Waals surface area contributed by atoms with Gasteiger partial charge in [0.15, 0.2) is 0 Å². The molecule has 0 fully saturated rings. The van der Waals surface area contributed by atoms with Gasteiger partial charge < -0.3 is 30.7 Å². The Morgan fingerprint density at radius 1 is 0.900 bits per heavy atom. The summed E-state index contributed by atoms with van der Waals surface area (Å²) < 4.78 is 36.6. The fraction of sp³-hybridized carbons (Fsp3) is 1.00. The SMILES string of the molecule is C.C.C.C.CCCC.[3H]OC(C)(O[3H])O[3H].[3H]OC(C)O[3H].[3H]OCC. The van der Waals surface area contributed by atoms with E-state index in [9.17, 15) is 0 Å². The molecule has 6 nitrogen and oxygen atoms in total. The molecule has 0 bridgehead atoms. The number of hydrogen-bond acceptors (Lipinski definition) is 6. The first-order chi connectivity index (χ1) is 10.3. The van der Waals surface area contributed by atoms with Crippen molar-refractivity contribution in [3.8, 4) is 0 Å². The molecule has 0 aromatic heterocycles. The maximum absolute atomic E-state index is 6.17. The van der Waals surface area contributed by atoms with Crippen molar-refractivity contribution in [1.29, 1.82) is 8.59 Å². The molecule has 0 aliphatic rings. The first-order valence-corrected chi connectivity index (χ1v) is 5.07. The Kier molecular flexibility index (Phi) is 47.2. The predicted molar refractivity (Wildman–Crippen MR) is 89.2 cm³/mol. The van der Waals surface area contributed by atoms with Crippen LogP contribution in [0.15, 0.2) is 0 Å². The largest absolute Gasteiger partial charge is 0.397 e. The zero-order valence-corrected chi connectivity index (χ0v) is 10.6. The van der Waals surface area contributed by atoms with E-state index in [-0.39, 0.29) is 29.7 Å². The number of rotatable bonds is 7. The van der Waals surface area contributed by atoms with E-state index < -0.39 is 12.3 Å². The zero-order valence-electron chi connectivity index (χ0n) is 16.6. The second-order valence-corrected chi connectivity index (χ2v) is 2.72. The lowest BCUT2D eigenvalue weighted by Crippen LogP contribution is -2.20. The van der Waals surface area contributed by atoms with Crippen LogP contribution < -0.4 is 0 Å². The van der Waals surface area contributed by atoms with Gasteiger partial charge in [0.25, 0.3) is 5.97 Å². The van der Waals surface area contributed by atoms with E-state index in [0.717, 1.165) is 6.92 Å². The average molecular weight is 321 g/mol. The van der Waals surface area contributed by atoms with Gasteiger partial charge in [-0.15, -0.1) is 0 Å². The van der Waals surface area contributed by atoms with Crippen LogP contribution >= 0.6 is 0 Å². The first-order valence-electron chi connectivity index (χ1n) is 7.52. The van der Waals surface area contributed by atoms with E-state index in [1.807, 2.05) is 0 Å². The third kappa shape index (κ3) is 8640. The number of aliphatic hydroxyl groups is 6. The Balaban J connectivity index is -0.0000000273. The van der Waals surface area contributed by atoms with E-state index in [1.54, 1.807) is 6.92 Å². The molecule has 6 heteroatoms. The Morgan fingerprint density at radius 2 is 1.20 bits per heavy atom. The van der Waals surface area contributed by atoms with Crippen LogP contribution in [0.4, 0.5) is 0 Å². The summed E-state index contributed by atoms with van der Waals surface area (Å²) in [5.41, 5.74) is 0. The highest BCUT2D eigenvalue weighted by molar-refractivity contribution is 4.21. The van der Waals surface area contributed by atoms with Crippen LogP contribution in [0, 0.1) is 0 Å². The molecule has 6 N–H and O–H groups in total. The van der Waals surface area contributed by atoms with E-state index in [2.05, 4.69) is 44.5 Å². The van der Waals surface area contributed by atoms with E-state index in [0.29, 0.717) is 6.61 Å². The molecule has 0 rings (SSSR count). The third-order valence-electron chi connectivity index (χ3n) is 0.500. The fourth-order valence-electron chi connectivity index (χ4n) is 0. The third-order valence-corrected chi connectivity index (χ3v) is 0.500. The Morgan fingerprint density at radius 3 is 1.20 bits per heavy atom. The van der Waals surface area contributed by atoms with Crippen molar-refractivity contribution >= 4 is 0 Å². The molecular formula is C14H44O6. The predicted octanol–water partition coefficient (Wildman–Crippen LogP) is 2.30. The molecule has 0 saturated heterocycles. The van der Waals surface area contributed by atoms with Gasteiger partial charge in [0.1, 0.15) is 6.29 Å². The minimum atomic E-state index is -1.88. The fourth-order valence-corrected chi connectivity index (χ4v) is 0. The van der Waals surface area contributed by atoms with Gasteiger partial charge in [0.05, 0.1) is 0 Å². The minimum absolute atomic E-state index is 0. The van der Waals surface area contributed by atoms with Crippen LogP contribution in [0.5, 0.6) is 0 Å². The van der Waals surface area contributed by atoms with Crippen molar-refractivity contribution in [3.05, 3.63) is 0 Å². The summed E-state index contributed by atoms with van der Waals surface area (Å²) >= 11 is 0. The quantitative estimate of drug-likeness (QED) is 0.400. The van der Waals surface area contributed by atoms with Gasteiger partial charge in [-0.05, 0) is 13.8 Å². The molecule has 0 spiro atoms. The van der Waals surface area contributed by atoms with E-state index in [4.69, 9.17) is 8.59 Å². The molecule has 0 aliphatic carbocycles. The van der Waals surface area contributed by atoms with Crippen LogP contribution in [-0.4, -0.2) is 58.1 Å². The zero-order chi connectivity index (χ0) is 18.4. The van der Waals surface area contributed by atoms with Crippen molar-refractivity contribution in [2.45, 2.75) is 89.4 Å². The van der Waals surface area contributed by atoms with Crippen LogP contribution in [0.25, 0.3) is 0 Å². The highest BCUT2D eigenvalue weighted by atomic mass is 16.7. The first kappa shape index (κ1) is 22.0. The number of aliphatic hydroxyl groups excluding tert-OH is 2. The second kappa shape index (κ2) is 42.8. The van der Waals surface area contributed by atoms with Crippen LogP contribution in [-0.2, 0) is 0 Å². The van der Waals surface area contributed by atoms with Gasteiger partial charge in [-0.25, -0.2) is 0 Å². The van der Waals surface area contributed by atoms with Crippen molar-refractivity contribution in [1.82, 2.24) is 0 Å². The summed E-state index contributed by atoms with van der Waals surface area (Å²) in [6, 6.07) is 0. The van der Waals surface area contributed by atoms with E-state index in [1.165, 1.54) is 19.8 Å². The smallest absolute Gasteiger partial charge is 0.272 e. The lowest BCUT2D eigenvalue weighted by molar-refractivity contribution is -0.297. The van der Waals surface area contributed by atoms with E-state index >= 15 is 0 Å². The molecule has 20 heavy (non-hydrogen) atoms. The van der Waals surface area contributed by atoms with Gasteiger partial charge in [-0.1, -0.05) is 56.4 Å². The van der Waals surface area contributed by atoms with Crippen LogP contribution in [0.3, 0.4) is 0 Å². The standard InChI is InChI=1S/C4H10.C2H6O3.C2H6O2.C2H6O.4CH4/c1-3-4-2;1-2(3,4)5;1-2(3)4;1-2-3;;;;/h3-4H2,1-2H3;3-5H,1H3;2-4H,1H3;3H,2H2,1H3;4*1H4/i;3T,4T,5T;3T,4T;3T;;;;. The van der Waals surface area contributed by atoms with Gasteiger partial charge in [-0.2, -0.15) is 0 Å². The molecule has 136 valence electrons. The molecule has 0 unspecified atom stereocenters. The lowest BCUT2D eigenvalue weighted by Gasteiger charge is -2.01. The Hall–Kier alpha value is -0.240. The molecule has 0 heterocycles. The summed E-state index contributed by atoms with van der Waals surface area (Å²) in [7, 11) is 0. The minimum Gasteiger partial charge on any atom is -0.397 e. The summed E-state index contributed by atoms with van der Waals surface area (Å²) in [5.74, 6) is -1.88. The Bertz CT molecular complexity index is 162. The highest BCUT2D eigenvalue weighted by Gasteiger charge is 2.03.